The Morgan fingerprint density at radius 3 is 2.58 bits per heavy atom. The lowest BCUT2D eigenvalue weighted by Gasteiger charge is -2.12. The largest absolute Gasteiger partial charge is 0.495 e. The van der Waals surface area contributed by atoms with Crippen LogP contribution in [0, 0.1) is 29.6 Å². The summed E-state index contributed by atoms with van der Waals surface area (Å²) < 4.78 is 5.28. The summed E-state index contributed by atoms with van der Waals surface area (Å²) in [6.07, 6.45) is 4.09. The molecule has 2 bridgehead atoms. The molecule has 0 spiro atoms. The van der Waals surface area contributed by atoms with Crippen molar-refractivity contribution in [2.75, 3.05) is 12.4 Å². The van der Waals surface area contributed by atoms with Crippen LogP contribution in [0.3, 0.4) is 0 Å². The number of fused-ring (bicyclic) bond motifs is 5. The maximum Gasteiger partial charge on any atom is 0.228 e. The molecule has 0 heterocycles. The summed E-state index contributed by atoms with van der Waals surface area (Å²) in [5.74, 6) is 4.27. The Morgan fingerprint density at radius 2 is 1.89 bits per heavy atom. The molecule has 19 heavy (non-hydrogen) atoms. The van der Waals surface area contributed by atoms with Crippen molar-refractivity contribution in [3.8, 4) is 5.75 Å². The minimum Gasteiger partial charge on any atom is -0.495 e. The van der Waals surface area contributed by atoms with Crippen molar-refractivity contribution in [2.45, 2.75) is 19.3 Å². The molecule has 0 aromatic heterocycles. The molecule has 5 atom stereocenters. The van der Waals surface area contributed by atoms with Gasteiger partial charge >= 0.3 is 0 Å². The average molecular weight is 257 g/mol. The lowest BCUT2D eigenvalue weighted by Crippen LogP contribution is -2.18. The fourth-order valence-corrected chi connectivity index (χ4v) is 4.64. The SMILES string of the molecule is COc1ccccc1NC(=O)C1[C@@H]2[C@@H]3CC[C@H](C3)[C@H]12. The number of ether oxygens (including phenoxy) is 1. The van der Waals surface area contributed by atoms with Gasteiger partial charge in [-0.15, -0.1) is 0 Å². The average Bonchev–Trinajstić information content (AvgIpc) is 2.88. The second kappa shape index (κ2) is 3.99. The van der Waals surface area contributed by atoms with Crippen molar-refractivity contribution in [3.05, 3.63) is 24.3 Å². The van der Waals surface area contributed by atoms with Crippen molar-refractivity contribution in [1.29, 1.82) is 0 Å². The van der Waals surface area contributed by atoms with Gasteiger partial charge in [0.25, 0.3) is 0 Å². The first-order chi connectivity index (χ1) is 9.29. The Balaban J connectivity index is 1.48. The maximum atomic E-state index is 12.4. The number of rotatable bonds is 3. The van der Waals surface area contributed by atoms with Crippen molar-refractivity contribution in [2.24, 2.45) is 29.6 Å². The highest BCUT2D eigenvalue weighted by molar-refractivity contribution is 5.96. The molecule has 0 radical (unpaired) electrons. The Labute approximate surface area is 113 Å². The molecule has 3 heteroatoms. The van der Waals surface area contributed by atoms with E-state index >= 15 is 0 Å². The molecular formula is C16H19NO2. The predicted octanol–water partition coefficient (Wildman–Crippen LogP) is 2.93. The number of methoxy groups -OCH3 is 1. The third-order valence-electron chi connectivity index (χ3n) is 5.40. The normalized spacial score (nSPS) is 37.8. The number of carbonyl (C=O) groups is 1. The number of para-hydroxylation sites is 2. The van der Waals surface area contributed by atoms with Crippen LogP contribution in [0.1, 0.15) is 19.3 Å². The summed E-state index contributed by atoms with van der Waals surface area (Å²) in [4.78, 5) is 12.4. The molecule has 3 saturated carbocycles. The first kappa shape index (κ1) is 11.3. The van der Waals surface area contributed by atoms with Crippen LogP contribution in [0.2, 0.25) is 0 Å². The van der Waals surface area contributed by atoms with E-state index in [2.05, 4.69) is 5.32 Å². The Morgan fingerprint density at radius 1 is 1.21 bits per heavy atom. The molecule has 1 N–H and O–H groups in total. The zero-order valence-corrected chi connectivity index (χ0v) is 11.1. The fraction of sp³-hybridized carbons (Fsp3) is 0.562. The summed E-state index contributed by atoms with van der Waals surface area (Å²) in [7, 11) is 1.64. The van der Waals surface area contributed by atoms with Crippen molar-refractivity contribution in [3.63, 3.8) is 0 Å². The molecule has 0 saturated heterocycles. The Kier molecular flexibility index (Phi) is 2.38. The molecule has 1 aromatic carbocycles. The minimum absolute atomic E-state index is 0.205. The smallest absolute Gasteiger partial charge is 0.228 e. The maximum absolute atomic E-state index is 12.4. The van der Waals surface area contributed by atoms with Crippen LogP contribution >= 0.6 is 0 Å². The summed E-state index contributed by atoms with van der Waals surface area (Å²) in [6, 6.07) is 7.63. The molecule has 3 aliphatic rings. The lowest BCUT2D eigenvalue weighted by atomic mass is 10.0. The van der Waals surface area contributed by atoms with Gasteiger partial charge in [-0.2, -0.15) is 0 Å². The number of amides is 1. The molecule has 4 rings (SSSR count). The number of carbonyl (C=O) groups excluding carboxylic acids is 1. The zero-order valence-electron chi connectivity index (χ0n) is 11.1. The van der Waals surface area contributed by atoms with Crippen LogP contribution in [0.25, 0.3) is 0 Å². The van der Waals surface area contributed by atoms with Crippen LogP contribution < -0.4 is 10.1 Å². The molecule has 1 aromatic rings. The molecule has 3 aliphatic carbocycles. The van der Waals surface area contributed by atoms with E-state index in [9.17, 15) is 4.79 Å². The number of hydrogen-bond donors (Lipinski definition) is 1. The fourth-order valence-electron chi connectivity index (χ4n) is 4.64. The van der Waals surface area contributed by atoms with E-state index in [-0.39, 0.29) is 11.8 Å². The van der Waals surface area contributed by atoms with Crippen LogP contribution in [0.15, 0.2) is 24.3 Å². The minimum atomic E-state index is 0.205. The topological polar surface area (TPSA) is 38.3 Å². The standard InChI is InChI=1S/C16H19NO2/c1-19-12-5-3-2-4-11(12)17-16(18)15-13-9-6-7-10(8-9)14(13)15/h2-5,9-10,13-15H,6-8H2,1H3,(H,17,18)/t9-,10-,13-,14+,15?/m1/s1. The first-order valence-electron chi connectivity index (χ1n) is 7.23. The Hall–Kier alpha value is -1.51. The van der Waals surface area contributed by atoms with Crippen molar-refractivity contribution < 1.29 is 9.53 Å². The van der Waals surface area contributed by atoms with E-state index in [1.54, 1.807) is 7.11 Å². The van der Waals surface area contributed by atoms with Crippen molar-refractivity contribution in [1.82, 2.24) is 0 Å². The lowest BCUT2D eigenvalue weighted by molar-refractivity contribution is -0.118. The van der Waals surface area contributed by atoms with Gasteiger partial charge in [0, 0.05) is 5.92 Å². The van der Waals surface area contributed by atoms with Gasteiger partial charge in [0.05, 0.1) is 12.8 Å². The second-order valence-corrected chi connectivity index (χ2v) is 6.20. The van der Waals surface area contributed by atoms with E-state index in [1.165, 1.54) is 19.3 Å². The first-order valence-corrected chi connectivity index (χ1v) is 7.23. The molecule has 0 aliphatic heterocycles. The van der Waals surface area contributed by atoms with Gasteiger partial charge in [-0.1, -0.05) is 12.1 Å². The third-order valence-corrected chi connectivity index (χ3v) is 5.40. The van der Waals surface area contributed by atoms with Gasteiger partial charge in [-0.3, -0.25) is 4.79 Å². The van der Waals surface area contributed by atoms with Crippen LogP contribution in [0.5, 0.6) is 5.75 Å². The predicted molar refractivity (Wildman–Crippen MR) is 72.9 cm³/mol. The second-order valence-electron chi connectivity index (χ2n) is 6.20. The van der Waals surface area contributed by atoms with E-state index in [0.29, 0.717) is 11.8 Å². The van der Waals surface area contributed by atoms with E-state index in [1.807, 2.05) is 24.3 Å². The van der Waals surface area contributed by atoms with Crippen LogP contribution in [-0.4, -0.2) is 13.0 Å². The summed E-state index contributed by atoms with van der Waals surface area (Å²) >= 11 is 0. The number of nitrogens with one attached hydrogen (secondary N) is 1. The van der Waals surface area contributed by atoms with E-state index in [0.717, 1.165) is 23.3 Å². The quantitative estimate of drug-likeness (QED) is 0.904. The molecule has 100 valence electrons. The van der Waals surface area contributed by atoms with Gasteiger partial charge in [0.15, 0.2) is 0 Å². The van der Waals surface area contributed by atoms with Crippen LogP contribution in [0.4, 0.5) is 5.69 Å². The number of anilines is 1. The molecule has 3 nitrogen and oxygen atoms in total. The van der Waals surface area contributed by atoms with Crippen LogP contribution in [-0.2, 0) is 4.79 Å². The monoisotopic (exact) mass is 257 g/mol. The molecule has 1 unspecified atom stereocenters. The molecular weight excluding hydrogens is 238 g/mol. The highest BCUT2D eigenvalue weighted by Crippen LogP contribution is 2.69. The van der Waals surface area contributed by atoms with Crippen molar-refractivity contribution >= 4 is 11.6 Å². The summed E-state index contributed by atoms with van der Waals surface area (Å²) in [5.41, 5.74) is 0.798. The van der Waals surface area contributed by atoms with Gasteiger partial charge in [-0.25, -0.2) is 0 Å². The summed E-state index contributed by atoms with van der Waals surface area (Å²) in [6.45, 7) is 0. The highest BCUT2D eigenvalue weighted by atomic mass is 16.5. The number of benzene rings is 1. The van der Waals surface area contributed by atoms with E-state index < -0.39 is 0 Å². The summed E-state index contributed by atoms with van der Waals surface area (Å²) in [5, 5.41) is 3.06. The van der Waals surface area contributed by atoms with Gasteiger partial charge in [-0.05, 0) is 55.1 Å². The highest BCUT2D eigenvalue weighted by Gasteiger charge is 2.67. The Bertz CT molecular complexity index is 511. The zero-order chi connectivity index (χ0) is 13.0. The van der Waals surface area contributed by atoms with Gasteiger partial charge in [0.1, 0.15) is 5.75 Å². The molecule has 1 amide bonds. The number of hydrogen-bond acceptors (Lipinski definition) is 2. The van der Waals surface area contributed by atoms with Gasteiger partial charge < -0.3 is 10.1 Å². The molecule has 3 fully saturated rings. The van der Waals surface area contributed by atoms with E-state index in [4.69, 9.17) is 4.74 Å². The van der Waals surface area contributed by atoms with Gasteiger partial charge in [0.2, 0.25) is 5.91 Å². The third kappa shape index (κ3) is 1.60.